The molecule has 0 aliphatic rings. The van der Waals surface area contributed by atoms with E-state index in [4.69, 9.17) is 5.11 Å². The van der Waals surface area contributed by atoms with Crippen LogP contribution in [0.15, 0.2) is 24.3 Å². The average molecular weight is 250 g/mol. The maximum Gasteiger partial charge on any atom is 0.251 e. The molecular weight excluding hydrogens is 232 g/mol. The fraction of sp³-hybridized carbons (Fsp3) is 0.385. The highest BCUT2D eigenvalue weighted by atomic mass is 16.3. The van der Waals surface area contributed by atoms with E-state index in [9.17, 15) is 9.59 Å². The van der Waals surface area contributed by atoms with Crippen molar-refractivity contribution in [3.63, 3.8) is 0 Å². The SMILES string of the molecule is Cc1ccc(C(=O)NCC(=O)N(C)CCO)cc1. The first kappa shape index (κ1) is 14.2. The van der Waals surface area contributed by atoms with Gasteiger partial charge in [0.05, 0.1) is 13.2 Å². The Morgan fingerprint density at radius 3 is 2.44 bits per heavy atom. The predicted molar refractivity (Wildman–Crippen MR) is 68.2 cm³/mol. The molecule has 0 saturated carbocycles. The van der Waals surface area contributed by atoms with Crippen LogP contribution >= 0.6 is 0 Å². The molecule has 0 fully saturated rings. The van der Waals surface area contributed by atoms with Crippen molar-refractivity contribution in [2.75, 3.05) is 26.7 Å². The van der Waals surface area contributed by atoms with Crippen LogP contribution in [0.25, 0.3) is 0 Å². The highest BCUT2D eigenvalue weighted by Crippen LogP contribution is 2.02. The molecule has 0 atom stereocenters. The molecule has 0 heterocycles. The number of carbonyl (C=O) groups is 2. The molecule has 0 spiro atoms. The molecule has 1 rings (SSSR count). The Morgan fingerprint density at radius 2 is 1.89 bits per heavy atom. The van der Waals surface area contributed by atoms with Gasteiger partial charge in [-0.1, -0.05) is 17.7 Å². The average Bonchev–Trinajstić information content (AvgIpc) is 2.36. The molecule has 0 aliphatic heterocycles. The molecule has 0 aliphatic carbocycles. The Labute approximate surface area is 106 Å². The predicted octanol–water partition coefficient (Wildman–Crippen LogP) is 0.176. The smallest absolute Gasteiger partial charge is 0.251 e. The Balaban J connectivity index is 2.46. The molecule has 2 N–H and O–H groups in total. The van der Waals surface area contributed by atoms with E-state index in [1.54, 1.807) is 19.2 Å². The zero-order chi connectivity index (χ0) is 13.5. The van der Waals surface area contributed by atoms with Crippen LogP contribution in [0, 0.1) is 6.92 Å². The minimum absolute atomic E-state index is 0.0663. The summed E-state index contributed by atoms with van der Waals surface area (Å²) in [5.74, 6) is -0.509. The van der Waals surface area contributed by atoms with E-state index in [2.05, 4.69) is 5.32 Å². The third kappa shape index (κ3) is 4.18. The molecule has 5 heteroatoms. The third-order valence-corrected chi connectivity index (χ3v) is 2.58. The number of hydrogen-bond donors (Lipinski definition) is 2. The summed E-state index contributed by atoms with van der Waals surface area (Å²) < 4.78 is 0. The van der Waals surface area contributed by atoms with E-state index < -0.39 is 0 Å². The first-order valence-corrected chi connectivity index (χ1v) is 5.74. The summed E-state index contributed by atoms with van der Waals surface area (Å²) in [7, 11) is 1.58. The summed E-state index contributed by atoms with van der Waals surface area (Å²) in [6.07, 6.45) is 0. The van der Waals surface area contributed by atoms with Gasteiger partial charge in [-0.3, -0.25) is 9.59 Å². The van der Waals surface area contributed by atoms with Gasteiger partial charge in [-0.15, -0.1) is 0 Å². The van der Waals surface area contributed by atoms with Gasteiger partial charge in [0.15, 0.2) is 0 Å². The van der Waals surface area contributed by atoms with Crippen LogP contribution in [0.3, 0.4) is 0 Å². The number of aliphatic hydroxyl groups is 1. The monoisotopic (exact) mass is 250 g/mol. The topological polar surface area (TPSA) is 69.6 Å². The highest BCUT2D eigenvalue weighted by Gasteiger charge is 2.10. The zero-order valence-corrected chi connectivity index (χ0v) is 10.6. The lowest BCUT2D eigenvalue weighted by Gasteiger charge is -2.15. The summed E-state index contributed by atoms with van der Waals surface area (Å²) in [4.78, 5) is 24.6. The summed E-state index contributed by atoms with van der Waals surface area (Å²) in [5, 5.41) is 11.2. The van der Waals surface area contributed by atoms with Gasteiger partial charge in [0, 0.05) is 19.2 Å². The van der Waals surface area contributed by atoms with Crippen LogP contribution in [0.5, 0.6) is 0 Å². The summed E-state index contributed by atoms with van der Waals surface area (Å²) >= 11 is 0. The van der Waals surface area contributed by atoms with Crippen molar-refractivity contribution in [2.24, 2.45) is 0 Å². The number of aryl methyl sites for hydroxylation is 1. The Kier molecular flexibility index (Phi) is 5.32. The number of aliphatic hydroxyl groups excluding tert-OH is 1. The van der Waals surface area contributed by atoms with Crippen LogP contribution in [0.2, 0.25) is 0 Å². The van der Waals surface area contributed by atoms with Gasteiger partial charge in [-0.25, -0.2) is 0 Å². The second kappa shape index (κ2) is 6.76. The molecule has 0 aromatic heterocycles. The van der Waals surface area contributed by atoms with Gasteiger partial charge in [-0.05, 0) is 19.1 Å². The number of carbonyl (C=O) groups excluding carboxylic acids is 2. The normalized spacial score (nSPS) is 9.94. The van der Waals surface area contributed by atoms with Crippen LogP contribution < -0.4 is 5.32 Å². The van der Waals surface area contributed by atoms with E-state index in [1.807, 2.05) is 19.1 Å². The van der Waals surface area contributed by atoms with Crippen LogP contribution in [0.1, 0.15) is 15.9 Å². The molecule has 5 nitrogen and oxygen atoms in total. The van der Waals surface area contributed by atoms with Crippen molar-refractivity contribution in [1.82, 2.24) is 10.2 Å². The maximum atomic E-state index is 11.7. The number of nitrogens with zero attached hydrogens (tertiary/aromatic N) is 1. The van der Waals surface area contributed by atoms with Crippen molar-refractivity contribution < 1.29 is 14.7 Å². The molecular formula is C13H18N2O3. The number of amides is 2. The second-order valence-corrected chi connectivity index (χ2v) is 4.09. The van der Waals surface area contributed by atoms with Gasteiger partial charge in [0.25, 0.3) is 5.91 Å². The molecule has 1 aromatic carbocycles. The highest BCUT2D eigenvalue weighted by molar-refractivity contribution is 5.96. The Bertz CT molecular complexity index is 415. The summed E-state index contributed by atoms with van der Waals surface area (Å²) in [6.45, 7) is 2.05. The van der Waals surface area contributed by atoms with Gasteiger partial charge >= 0.3 is 0 Å². The third-order valence-electron chi connectivity index (χ3n) is 2.58. The summed E-state index contributed by atoms with van der Waals surface area (Å²) in [6, 6.07) is 7.11. The number of benzene rings is 1. The standard InChI is InChI=1S/C13H18N2O3/c1-10-3-5-11(6-4-10)13(18)14-9-12(17)15(2)7-8-16/h3-6,16H,7-9H2,1-2H3,(H,14,18). The van der Waals surface area contributed by atoms with Crippen LogP contribution in [-0.4, -0.2) is 48.6 Å². The van der Waals surface area contributed by atoms with Gasteiger partial charge in [-0.2, -0.15) is 0 Å². The molecule has 98 valence electrons. The summed E-state index contributed by atoms with van der Waals surface area (Å²) in [5.41, 5.74) is 1.60. The van der Waals surface area contributed by atoms with Crippen molar-refractivity contribution >= 4 is 11.8 Å². The van der Waals surface area contributed by atoms with E-state index in [-0.39, 0.29) is 31.5 Å². The number of hydrogen-bond acceptors (Lipinski definition) is 3. The largest absolute Gasteiger partial charge is 0.395 e. The quantitative estimate of drug-likeness (QED) is 0.783. The minimum Gasteiger partial charge on any atom is -0.395 e. The first-order valence-electron chi connectivity index (χ1n) is 5.74. The molecule has 1 aromatic rings. The van der Waals surface area contributed by atoms with Crippen molar-refractivity contribution in [1.29, 1.82) is 0 Å². The van der Waals surface area contributed by atoms with E-state index in [0.29, 0.717) is 5.56 Å². The molecule has 0 saturated heterocycles. The first-order chi connectivity index (χ1) is 8.54. The lowest BCUT2D eigenvalue weighted by atomic mass is 10.1. The van der Waals surface area contributed by atoms with Crippen molar-refractivity contribution in [2.45, 2.75) is 6.92 Å². The maximum absolute atomic E-state index is 11.7. The van der Waals surface area contributed by atoms with Gasteiger partial charge < -0.3 is 15.3 Å². The molecule has 0 bridgehead atoms. The van der Waals surface area contributed by atoms with E-state index in [1.165, 1.54) is 4.90 Å². The zero-order valence-electron chi connectivity index (χ0n) is 10.6. The van der Waals surface area contributed by atoms with Crippen LogP contribution in [0.4, 0.5) is 0 Å². The lowest BCUT2D eigenvalue weighted by Crippen LogP contribution is -2.39. The van der Waals surface area contributed by atoms with E-state index >= 15 is 0 Å². The Hall–Kier alpha value is -1.88. The molecule has 2 amide bonds. The van der Waals surface area contributed by atoms with Crippen molar-refractivity contribution in [3.05, 3.63) is 35.4 Å². The second-order valence-electron chi connectivity index (χ2n) is 4.09. The lowest BCUT2D eigenvalue weighted by molar-refractivity contribution is -0.129. The number of rotatable bonds is 5. The Morgan fingerprint density at radius 1 is 1.28 bits per heavy atom. The fourth-order valence-electron chi connectivity index (χ4n) is 1.37. The van der Waals surface area contributed by atoms with E-state index in [0.717, 1.165) is 5.56 Å². The number of nitrogens with one attached hydrogen (secondary N) is 1. The fourth-order valence-corrected chi connectivity index (χ4v) is 1.37. The van der Waals surface area contributed by atoms with Crippen LogP contribution in [-0.2, 0) is 4.79 Å². The van der Waals surface area contributed by atoms with Gasteiger partial charge in [0.2, 0.25) is 5.91 Å². The van der Waals surface area contributed by atoms with Gasteiger partial charge in [0.1, 0.15) is 0 Å². The molecule has 0 radical (unpaired) electrons. The van der Waals surface area contributed by atoms with Crippen molar-refractivity contribution in [3.8, 4) is 0 Å². The minimum atomic E-state index is -0.277. The molecule has 18 heavy (non-hydrogen) atoms. The molecule has 0 unspecified atom stereocenters. The number of likely N-dealkylation sites (N-methyl/N-ethyl adjacent to an activating group) is 1.